The SMILES string of the molecule is Cl.c1cncc(C2NCC23CCC3)c1. The van der Waals surface area contributed by atoms with Crippen molar-refractivity contribution in [3.63, 3.8) is 0 Å². The molecule has 1 unspecified atom stereocenters. The van der Waals surface area contributed by atoms with Crippen LogP contribution in [0.2, 0.25) is 0 Å². The molecule has 0 bridgehead atoms. The molecule has 2 nitrogen and oxygen atoms in total. The van der Waals surface area contributed by atoms with Crippen molar-refractivity contribution in [1.29, 1.82) is 0 Å². The summed E-state index contributed by atoms with van der Waals surface area (Å²) in [7, 11) is 0. The van der Waals surface area contributed by atoms with Gasteiger partial charge in [-0.2, -0.15) is 0 Å². The van der Waals surface area contributed by atoms with Gasteiger partial charge in [0.05, 0.1) is 0 Å². The van der Waals surface area contributed by atoms with Crippen LogP contribution >= 0.6 is 12.4 Å². The molecular formula is C11H15ClN2. The number of rotatable bonds is 1. The normalized spacial score (nSPS) is 27.3. The summed E-state index contributed by atoms with van der Waals surface area (Å²) in [6.45, 7) is 1.21. The van der Waals surface area contributed by atoms with Gasteiger partial charge in [0, 0.05) is 30.4 Å². The predicted molar refractivity (Wildman–Crippen MR) is 58.5 cm³/mol. The fourth-order valence-corrected chi connectivity index (χ4v) is 2.61. The number of pyridine rings is 1. The summed E-state index contributed by atoms with van der Waals surface area (Å²) < 4.78 is 0. The van der Waals surface area contributed by atoms with E-state index in [-0.39, 0.29) is 12.4 Å². The van der Waals surface area contributed by atoms with Crippen LogP contribution < -0.4 is 5.32 Å². The summed E-state index contributed by atoms with van der Waals surface area (Å²) in [4.78, 5) is 4.17. The van der Waals surface area contributed by atoms with E-state index in [2.05, 4.69) is 16.4 Å². The summed E-state index contributed by atoms with van der Waals surface area (Å²) in [5.41, 5.74) is 1.98. The number of nitrogens with zero attached hydrogens (tertiary/aromatic N) is 1. The average molecular weight is 211 g/mol. The Morgan fingerprint density at radius 2 is 2.29 bits per heavy atom. The second-order valence-electron chi connectivity index (χ2n) is 4.32. The fourth-order valence-electron chi connectivity index (χ4n) is 2.61. The van der Waals surface area contributed by atoms with Crippen molar-refractivity contribution < 1.29 is 0 Å². The minimum Gasteiger partial charge on any atom is -0.309 e. The van der Waals surface area contributed by atoms with Gasteiger partial charge < -0.3 is 5.32 Å². The first-order chi connectivity index (χ1) is 6.41. The van der Waals surface area contributed by atoms with E-state index in [1.165, 1.54) is 31.4 Å². The largest absolute Gasteiger partial charge is 0.309 e. The zero-order valence-corrected chi connectivity index (χ0v) is 8.89. The minimum atomic E-state index is 0. The Balaban J connectivity index is 0.000000750. The molecule has 0 radical (unpaired) electrons. The van der Waals surface area contributed by atoms with Crippen LogP contribution in [0.3, 0.4) is 0 Å². The maximum Gasteiger partial charge on any atom is 0.0404 e. The van der Waals surface area contributed by atoms with Crippen molar-refractivity contribution in [1.82, 2.24) is 10.3 Å². The van der Waals surface area contributed by atoms with Gasteiger partial charge in [-0.3, -0.25) is 4.98 Å². The lowest BCUT2D eigenvalue weighted by molar-refractivity contribution is -0.00580. The lowest BCUT2D eigenvalue weighted by atomic mass is 9.58. The molecule has 3 heteroatoms. The van der Waals surface area contributed by atoms with Crippen LogP contribution in [-0.4, -0.2) is 11.5 Å². The minimum absolute atomic E-state index is 0. The van der Waals surface area contributed by atoms with Crippen molar-refractivity contribution in [3.8, 4) is 0 Å². The van der Waals surface area contributed by atoms with Crippen molar-refractivity contribution >= 4 is 12.4 Å². The Kier molecular flexibility index (Phi) is 2.50. The third-order valence-electron chi connectivity index (χ3n) is 3.64. The van der Waals surface area contributed by atoms with Crippen LogP contribution in [0.15, 0.2) is 24.5 Å². The summed E-state index contributed by atoms with van der Waals surface area (Å²) >= 11 is 0. The van der Waals surface area contributed by atoms with Gasteiger partial charge in [-0.1, -0.05) is 12.5 Å². The second kappa shape index (κ2) is 3.52. The van der Waals surface area contributed by atoms with Gasteiger partial charge in [0.1, 0.15) is 0 Å². The van der Waals surface area contributed by atoms with E-state index in [9.17, 15) is 0 Å². The Labute approximate surface area is 90.5 Å². The molecular weight excluding hydrogens is 196 g/mol. The Hall–Kier alpha value is -0.600. The Bertz CT molecular complexity index is 303. The lowest BCUT2D eigenvalue weighted by Crippen LogP contribution is -2.59. The molecule has 0 aromatic carbocycles. The maximum atomic E-state index is 4.17. The molecule has 1 N–H and O–H groups in total. The molecule has 1 saturated heterocycles. The highest BCUT2D eigenvalue weighted by atomic mass is 35.5. The third kappa shape index (κ3) is 1.25. The van der Waals surface area contributed by atoms with Crippen molar-refractivity contribution in [2.45, 2.75) is 25.3 Å². The van der Waals surface area contributed by atoms with Gasteiger partial charge in [-0.25, -0.2) is 0 Å². The topological polar surface area (TPSA) is 24.9 Å². The van der Waals surface area contributed by atoms with E-state index in [0.29, 0.717) is 11.5 Å². The van der Waals surface area contributed by atoms with E-state index in [4.69, 9.17) is 0 Å². The zero-order valence-electron chi connectivity index (χ0n) is 8.07. The van der Waals surface area contributed by atoms with Crippen LogP contribution in [0.1, 0.15) is 30.9 Å². The first kappa shape index (κ1) is 9.94. The molecule has 0 amide bonds. The zero-order chi connectivity index (χ0) is 8.73. The van der Waals surface area contributed by atoms with Gasteiger partial charge in [-0.05, 0) is 24.5 Å². The average Bonchev–Trinajstić information content (AvgIpc) is 2.01. The Morgan fingerprint density at radius 3 is 2.71 bits per heavy atom. The predicted octanol–water partition coefficient (Wildman–Crippen LogP) is 2.32. The molecule has 1 atom stereocenters. The number of hydrogen-bond acceptors (Lipinski definition) is 2. The van der Waals surface area contributed by atoms with Crippen LogP contribution in [0.4, 0.5) is 0 Å². The molecule has 1 aromatic rings. The van der Waals surface area contributed by atoms with E-state index in [1.807, 2.05) is 18.5 Å². The molecule has 3 rings (SSSR count). The van der Waals surface area contributed by atoms with Crippen molar-refractivity contribution in [2.75, 3.05) is 6.54 Å². The van der Waals surface area contributed by atoms with Crippen LogP contribution in [-0.2, 0) is 0 Å². The molecule has 2 aliphatic rings. The maximum absolute atomic E-state index is 4.17. The smallest absolute Gasteiger partial charge is 0.0404 e. The molecule has 1 aliphatic heterocycles. The molecule has 14 heavy (non-hydrogen) atoms. The molecule has 1 aromatic heterocycles. The van der Waals surface area contributed by atoms with E-state index < -0.39 is 0 Å². The van der Waals surface area contributed by atoms with E-state index in [1.54, 1.807) is 0 Å². The first-order valence-electron chi connectivity index (χ1n) is 5.04. The first-order valence-corrected chi connectivity index (χ1v) is 5.04. The lowest BCUT2D eigenvalue weighted by Gasteiger charge is -2.56. The van der Waals surface area contributed by atoms with E-state index >= 15 is 0 Å². The summed E-state index contributed by atoms with van der Waals surface area (Å²) in [6.07, 6.45) is 8.06. The number of aromatic nitrogens is 1. The standard InChI is InChI=1S/C11H14N2.ClH/c1-3-9(7-12-6-1)10-11(8-13-10)4-2-5-11;/h1,3,6-7,10,13H,2,4-5,8H2;1H. The molecule has 2 heterocycles. The fraction of sp³-hybridized carbons (Fsp3) is 0.545. The van der Waals surface area contributed by atoms with Gasteiger partial charge >= 0.3 is 0 Å². The second-order valence-corrected chi connectivity index (χ2v) is 4.32. The highest BCUT2D eigenvalue weighted by Gasteiger charge is 2.51. The van der Waals surface area contributed by atoms with Crippen LogP contribution in [0.5, 0.6) is 0 Å². The van der Waals surface area contributed by atoms with Gasteiger partial charge in [0.15, 0.2) is 0 Å². The molecule has 2 fully saturated rings. The van der Waals surface area contributed by atoms with Crippen LogP contribution in [0.25, 0.3) is 0 Å². The summed E-state index contributed by atoms with van der Waals surface area (Å²) in [5, 5.41) is 3.51. The summed E-state index contributed by atoms with van der Waals surface area (Å²) in [6, 6.07) is 4.81. The molecule has 1 saturated carbocycles. The highest BCUT2D eigenvalue weighted by molar-refractivity contribution is 5.85. The van der Waals surface area contributed by atoms with Crippen molar-refractivity contribution in [2.24, 2.45) is 5.41 Å². The van der Waals surface area contributed by atoms with Gasteiger partial charge in [0.25, 0.3) is 0 Å². The Morgan fingerprint density at radius 1 is 1.43 bits per heavy atom. The van der Waals surface area contributed by atoms with Crippen molar-refractivity contribution in [3.05, 3.63) is 30.1 Å². The van der Waals surface area contributed by atoms with Crippen LogP contribution in [0, 0.1) is 5.41 Å². The quantitative estimate of drug-likeness (QED) is 0.770. The number of nitrogens with one attached hydrogen (secondary N) is 1. The molecule has 1 aliphatic carbocycles. The number of halogens is 1. The monoisotopic (exact) mass is 210 g/mol. The highest BCUT2D eigenvalue weighted by Crippen LogP contribution is 2.54. The summed E-state index contributed by atoms with van der Waals surface area (Å²) in [5.74, 6) is 0. The van der Waals surface area contributed by atoms with E-state index in [0.717, 1.165) is 0 Å². The third-order valence-corrected chi connectivity index (χ3v) is 3.64. The molecule has 76 valence electrons. The molecule has 1 spiro atoms. The number of hydrogen-bond donors (Lipinski definition) is 1. The van der Waals surface area contributed by atoms with Gasteiger partial charge in [-0.15, -0.1) is 12.4 Å². The van der Waals surface area contributed by atoms with Gasteiger partial charge in [0.2, 0.25) is 0 Å².